The van der Waals surface area contributed by atoms with Gasteiger partial charge < -0.3 is 9.88 Å². The third kappa shape index (κ3) is 3.31. The Labute approximate surface area is 100 Å². The predicted octanol–water partition coefficient (Wildman–Crippen LogP) is 3.04. The fraction of sp³-hybridized carbons (Fsp3) is 0.308. The third-order valence-electron chi connectivity index (χ3n) is 2.48. The second kappa shape index (κ2) is 5.48. The Morgan fingerprint density at radius 3 is 3.00 bits per heavy atom. The molecule has 0 radical (unpaired) electrons. The number of halogens is 1. The van der Waals surface area contributed by atoms with Gasteiger partial charge in [0.15, 0.2) is 0 Å². The summed E-state index contributed by atoms with van der Waals surface area (Å²) in [5, 5.41) is 3.09. The lowest BCUT2D eigenvalue weighted by atomic mass is 10.3. The monoisotopic (exact) mass is 233 g/mol. The molecule has 2 aromatic rings. The fourth-order valence-corrected chi connectivity index (χ4v) is 1.69. The number of nitrogens with zero attached hydrogens (tertiary/aromatic N) is 2. The van der Waals surface area contributed by atoms with Gasteiger partial charge in [-0.05, 0) is 30.2 Å². The molecule has 0 saturated heterocycles. The maximum atomic E-state index is 12.8. The van der Waals surface area contributed by atoms with Crippen molar-refractivity contribution in [2.45, 2.75) is 26.4 Å². The second-order valence-electron chi connectivity index (χ2n) is 3.96. The van der Waals surface area contributed by atoms with Crippen molar-refractivity contribution < 1.29 is 4.39 Å². The van der Waals surface area contributed by atoms with Gasteiger partial charge in [-0.3, -0.25) is 0 Å². The van der Waals surface area contributed by atoms with Crippen LogP contribution in [-0.4, -0.2) is 9.55 Å². The summed E-state index contributed by atoms with van der Waals surface area (Å²) in [5.74, 6) is 0.104. The second-order valence-corrected chi connectivity index (χ2v) is 3.96. The van der Waals surface area contributed by atoms with Gasteiger partial charge in [0.05, 0.1) is 0 Å². The Morgan fingerprint density at radius 2 is 2.24 bits per heavy atom. The number of pyridine rings is 1. The number of rotatable bonds is 5. The molecule has 2 rings (SSSR count). The highest BCUT2D eigenvalue weighted by atomic mass is 19.1. The molecule has 2 heterocycles. The summed E-state index contributed by atoms with van der Waals surface area (Å²) < 4.78 is 15.0. The van der Waals surface area contributed by atoms with E-state index in [1.807, 2.05) is 0 Å². The molecular weight excluding hydrogens is 217 g/mol. The van der Waals surface area contributed by atoms with Crippen LogP contribution < -0.4 is 5.32 Å². The van der Waals surface area contributed by atoms with Crippen molar-refractivity contribution in [2.75, 3.05) is 5.32 Å². The minimum absolute atomic E-state index is 0.460. The van der Waals surface area contributed by atoms with Gasteiger partial charge in [0.1, 0.15) is 5.82 Å². The van der Waals surface area contributed by atoms with E-state index in [0.29, 0.717) is 12.4 Å². The zero-order chi connectivity index (χ0) is 12.1. The van der Waals surface area contributed by atoms with Crippen molar-refractivity contribution in [3.05, 3.63) is 48.2 Å². The molecule has 0 saturated carbocycles. The van der Waals surface area contributed by atoms with Gasteiger partial charge in [-0.2, -0.15) is 4.39 Å². The molecule has 0 unspecified atom stereocenters. The first-order chi connectivity index (χ1) is 8.28. The first kappa shape index (κ1) is 11.6. The van der Waals surface area contributed by atoms with E-state index in [1.54, 1.807) is 12.1 Å². The van der Waals surface area contributed by atoms with Gasteiger partial charge in [-0.15, -0.1) is 0 Å². The lowest BCUT2D eigenvalue weighted by Crippen LogP contribution is -2.01. The van der Waals surface area contributed by atoms with Crippen molar-refractivity contribution in [2.24, 2.45) is 0 Å². The van der Waals surface area contributed by atoms with Crippen LogP contribution in [0.25, 0.3) is 0 Å². The molecule has 3 nitrogen and oxygen atoms in total. The summed E-state index contributed by atoms with van der Waals surface area (Å²) in [6, 6.07) is 6.80. The number of nitrogens with one attached hydrogen (secondary N) is 1. The van der Waals surface area contributed by atoms with Crippen LogP contribution in [0.2, 0.25) is 0 Å². The SMILES string of the molecule is CCCn1ccc(CNc2cccc(F)n2)c1. The minimum Gasteiger partial charge on any atom is -0.366 e. The molecular formula is C13H16FN3. The topological polar surface area (TPSA) is 29.9 Å². The molecule has 0 aliphatic heterocycles. The van der Waals surface area contributed by atoms with Crippen LogP contribution in [0.4, 0.5) is 10.2 Å². The number of hydrogen-bond acceptors (Lipinski definition) is 2. The molecule has 2 aromatic heterocycles. The first-order valence-electron chi connectivity index (χ1n) is 5.79. The van der Waals surface area contributed by atoms with E-state index >= 15 is 0 Å². The van der Waals surface area contributed by atoms with Crippen molar-refractivity contribution in [3.63, 3.8) is 0 Å². The van der Waals surface area contributed by atoms with Crippen LogP contribution in [0.5, 0.6) is 0 Å². The Bertz CT molecular complexity index is 479. The van der Waals surface area contributed by atoms with Gasteiger partial charge in [-0.1, -0.05) is 13.0 Å². The van der Waals surface area contributed by atoms with E-state index in [0.717, 1.165) is 13.0 Å². The summed E-state index contributed by atoms with van der Waals surface area (Å²) in [7, 11) is 0. The molecule has 0 bridgehead atoms. The van der Waals surface area contributed by atoms with Crippen LogP contribution in [0.15, 0.2) is 36.7 Å². The number of aryl methyl sites for hydroxylation is 1. The van der Waals surface area contributed by atoms with Crippen molar-refractivity contribution in [1.29, 1.82) is 0 Å². The zero-order valence-electron chi connectivity index (χ0n) is 9.86. The summed E-state index contributed by atoms with van der Waals surface area (Å²) in [4.78, 5) is 3.75. The van der Waals surface area contributed by atoms with E-state index in [1.165, 1.54) is 11.6 Å². The highest BCUT2D eigenvalue weighted by Gasteiger charge is 1.98. The van der Waals surface area contributed by atoms with E-state index in [4.69, 9.17) is 0 Å². The number of hydrogen-bond donors (Lipinski definition) is 1. The third-order valence-corrected chi connectivity index (χ3v) is 2.48. The Kier molecular flexibility index (Phi) is 3.75. The molecule has 0 aliphatic rings. The summed E-state index contributed by atoms with van der Waals surface area (Å²) in [5.41, 5.74) is 1.17. The quantitative estimate of drug-likeness (QED) is 0.804. The van der Waals surface area contributed by atoms with Gasteiger partial charge in [0.2, 0.25) is 5.95 Å². The lowest BCUT2D eigenvalue weighted by molar-refractivity contribution is 0.585. The summed E-state index contributed by atoms with van der Waals surface area (Å²) in [6.07, 6.45) is 5.27. The normalized spacial score (nSPS) is 10.5. The molecule has 0 fully saturated rings. The Balaban J connectivity index is 1.93. The van der Waals surface area contributed by atoms with E-state index in [-0.39, 0.29) is 0 Å². The maximum Gasteiger partial charge on any atom is 0.214 e. The number of aromatic nitrogens is 2. The lowest BCUT2D eigenvalue weighted by Gasteiger charge is -2.03. The molecule has 90 valence electrons. The minimum atomic E-state index is -0.460. The fourth-order valence-electron chi connectivity index (χ4n) is 1.69. The van der Waals surface area contributed by atoms with Gasteiger partial charge in [-0.25, -0.2) is 4.98 Å². The smallest absolute Gasteiger partial charge is 0.214 e. The van der Waals surface area contributed by atoms with Crippen molar-refractivity contribution in [3.8, 4) is 0 Å². The standard InChI is InChI=1S/C13H16FN3/c1-2-7-17-8-6-11(10-17)9-15-13-5-3-4-12(14)16-13/h3-6,8,10H,2,7,9H2,1H3,(H,15,16). The molecule has 0 amide bonds. The van der Waals surface area contributed by atoms with Crippen molar-refractivity contribution >= 4 is 5.82 Å². The van der Waals surface area contributed by atoms with Crippen LogP contribution in [0.1, 0.15) is 18.9 Å². The van der Waals surface area contributed by atoms with Gasteiger partial charge >= 0.3 is 0 Å². The molecule has 17 heavy (non-hydrogen) atoms. The predicted molar refractivity (Wildman–Crippen MR) is 66.2 cm³/mol. The largest absolute Gasteiger partial charge is 0.366 e. The van der Waals surface area contributed by atoms with Crippen LogP contribution in [0.3, 0.4) is 0 Å². The molecule has 0 atom stereocenters. The van der Waals surface area contributed by atoms with Gasteiger partial charge in [0.25, 0.3) is 0 Å². The van der Waals surface area contributed by atoms with Crippen LogP contribution in [0, 0.1) is 5.95 Å². The van der Waals surface area contributed by atoms with Crippen molar-refractivity contribution in [1.82, 2.24) is 9.55 Å². The van der Waals surface area contributed by atoms with Gasteiger partial charge in [0, 0.05) is 25.5 Å². The number of anilines is 1. The molecule has 4 heteroatoms. The van der Waals surface area contributed by atoms with E-state index < -0.39 is 5.95 Å². The summed E-state index contributed by atoms with van der Waals surface area (Å²) in [6.45, 7) is 3.83. The van der Waals surface area contributed by atoms with E-state index in [2.05, 4.69) is 40.3 Å². The Morgan fingerprint density at radius 1 is 1.35 bits per heavy atom. The summed E-state index contributed by atoms with van der Waals surface area (Å²) >= 11 is 0. The first-order valence-corrected chi connectivity index (χ1v) is 5.79. The highest BCUT2D eigenvalue weighted by molar-refractivity contribution is 5.34. The molecule has 0 aromatic carbocycles. The maximum absolute atomic E-state index is 12.8. The van der Waals surface area contributed by atoms with Crippen LogP contribution >= 0.6 is 0 Å². The Hall–Kier alpha value is -1.84. The molecule has 0 spiro atoms. The molecule has 1 N–H and O–H groups in total. The average molecular weight is 233 g/mol. The highest BCUT2D eigenvalue weighted by Crippen LogP contribution is 2.08. The average Bonchev–Trinajstić information content (AvgIpc) is 2.75. The van der Waals surface area contributed by atoms with E-state index in [9.17, 15) is 4.39 Å². The zero-order valence-corrected chi connectivity index (χ0v) is 9.86. The molecule has 0 aliphatic carbocycles. The van der Waals surface area contributed by atoms with Crippen LogP contribution in [-0.2, 0) is 13.1 Å².